The molecule has 3 rings (SSSR count). The van der Waals surface area contributed by atoms with E-state index in [1.165, 1.54) is 6.33 Å². The molecule has 2 atom stereocenters. The summed E-state index contributed by atoms with van der Waals surface area (Å²) < 4.78 is 27.0. The molecule has 0 aliphatic carbocycles. The number of aromatic nitrogens is 4. The molecule has 1 fully saturated rings. The topological polar surface area (TPSA) is 74.1 Å². The van der Waals surface area contributed by atoms with Crippen molar-refractivity contribution in [2.45, 2.75) is 38.5 Å². The van der Waals surface area contributed by atoms with Crippen LogP contribution in [0, 0.1) is 5.82 Å². The zero-order valence-corrected chi connectivity index (χ0v) is 13.9. The smallest absolute Gasteiger partial charge is 0.186 e. The minimum atomic E-state index is -0.388. The second-order valence-corrected chi connectivity index (χ2v) is 5.70. The fourth-order valence-corrected chi connectivity index (χ4v) is 2.83. The van der Waals surface area contributed by atoms with Crippen LogP contribution in [0.4, 0.5) is 10.2 Å². The fourth-order valence-electron chi connectivity index (χ4n) is 2.83. The molecule has 1 saturated heterocycles. The Kier molecular flexibility index (Phi) is 5.37. The number of nitrogens with one attached hydrogen (secondary N) is 1. The molecule has 2 aromatic rings. The van der Waals surface area contributed by atoms with Crippen LogP contribution in [0.25, 0.3) is 0 Å². The summed E-state index contributed by atoms with van der Waals surface area (Å²) in [5.41, 5.74) is 1.38. The van der Waals surface area contributed by atoms with Crippen LogP contribution in [-0.2, 0) is 22.4 Å². The number of rotatable bonds is 7. The second kappa shape index (κ2) is 7.67. The van der Waals surface area contributed by atoms with Crippen LogP contribution >= 0.6 is 0 Å². The summed E-state index contributed by atoms with van der Waals surface area (Å²) in [5.74, 6) is -0.157. The minimum Gasteiger partial charge on any atom is -0.383 e. The highest BCUT2D eigenvalue weighted by Crippen LogP contribution is 2.31. The first-order valence-electron chi connectivity index (χ1n) is 8.11. The summed E-state index contributed by atoms with van der Waals surface area (Å²) in [5, 5.41) is 7.49. The summed E-state index contributed by atoms with van der Waals surface area (Å²) in [6.07, 6.45) is 6.24. The summed E-state index contributed by atoms with van der Waals surface area (Å²) in [6.45, 7) is 3.76. The molecule has 0 amide bonds. The number of hydrogen-bond acceptors (Lipinski definition) is 6. The molecule has 1 aliphatic heterocycles. The SMILES string of the molecule is CCc1ncnc(N[C@H]2CCO[C@@H]2c2cnn(CCOC)c2)c1F. The van der Waals surface area contributed by atoms with Gasteiger partial charge in [-0.15, -0.1) is 0 Å². The van der Waals surface area contributed by atoms with Crippen LogP contribution in [0.5, 0.6) is 0 Å². The largest absolute Gasteiger partial charge is 0.383 e. The second-order valence-electron chi connectivity index (χ2n) is 5.70. The van der Waals surface area contributed by atoms with Gasteiger partial charge in [0.05, 0.1) is 31.1 Å². The highest BCUT2D eigenvalue weighted by atomic mass is 19.1. The Hall–Kier alpha value is -2.06. The molecule has 0 bridgehead atoms. The zero-order chi connectivity index (χ0) is 16.9. The Morgan fingerprint density at radius 3 is 3.12 bits per heavy atom. The number of halogens is 1. The van der Waals surface area contributed by atoms with Gasteiger partial charge in [-0.25, -0.2) is 14.4 Å². The number of methoxy groups -OCH3 is 1. The van der Waals surface area contributed by atoms with E-state index in [1.807, 2.05) is 17.8 Å². The van der Waals surface area contributed by atoms with Crippen molar-refractivity contribution in [2.75, 3.05) is 25.6 Å². The molecule has 0 radical (unpaired) electrons. The first-order chi connectivity index (χ1) is 11.7. The van der Waals surface area contributed by atoms with Gasteiger partial charge in [-0.05, 0) is 12.8 Å². The predicted molar refractivity (Wildman–Crippen MR) is 86.2 cm³/mol. The van der Waals surface area contributed by atoms with E-state index in [0.29, 0.717) is 31.9 Å². The van der Waals surface area contributed by atoms with E-state index >= 15 is 0 Å². The molecular weight excluding hydrogens is 313 g/mol. The molecule has 7 nitrogen and oxygen atoms in total. The van der Waals surface area contributed by atoms with Gasteiger partial charge in [-0.2, -0.15) is 5.10 Å². The molecule has 1 N–H and O–H groups in total. The van der Waals surface area contributed by atoms with Gasteiger partial charge in [-0.3, -0.25) is 4.68 Å². The lowest BCUT2D eigenvalue weighted by Gasteiger charge is -2.20. The monoisotopic (exact) mass is 335 g/mol. The molecule has 130 valence electrons. The third kappa shape index (κ3) is 3.54. The maximum atomic E-state index is 14.3. The van der Waals surface area contributed by atoms with Crippen molar-refractivity contribution in [3.05, 3.63) is 35.8 Å². The first kappa shape index (κ1) is 16.8. The van der Waals surface area contributed by atoms with Crippen molar-refractivity contribution < 1.29 is 13.9 Å². The third-order valence-corrected chi connectivity index (χ3v) is 4.12. The minimum absolute atomic E-state index is 0.0563. The van der Waals surface area contributed by atoms with Crippen molar-refractivity contribution in [3.8, 4) is 0 Å². The summed E-state index contributed by atoms with van der Waals surface area (Å²) in [6, 6.07) is -0.0563. The van der Waals surface area contributed by atoms with Gasteiger partial charge in [0.1, 0.15) is 12.4 Å². The lowest BCUT2D eigenvalue weighted by molar-refractivity contribution is 0.107. The van der Waals surface area contributed by atoms with Crippen LogP contribution < -0.4 is 5.32 Å². The average molecular weight is 335 g/mol. The first-order valence-corrected chi connectivity index (χ1v) is 8.11. The highest BCUT2D eigenvalue weighted by molar-refractivity contribution is 5.39. The fraction of sp³-hybridized carbons (Fsp3) is 0.562. The van der Waals surface area contributed by atoms with Gasteiger partial charge in [-0.1, -0.05) is 6.92 Å². The van der Waals surface area contributed by atoms with E-state index in [-0.39, 0.29) is 23.8 Å². The number of ether oxygens (including phenoxy) is 2. The van der Waals surface area contributed by atoms with Gasteiger partial charge in [0.2, 0.25) is 0 Å². The molecule has 2 aromatic heterocycles. The maximum absolute atomic E-state index is 14.3. The van der Waals surface area contributed by atoms with Crippen molar-refractivity contribution in [3.63, 3.8) is 0 Å². The molecule has 0 aromatic carbocycles. The molecule has 3 heterocycles. The van der Waals surface area contributed by atoms with Crippen molar-refractivity contribution in [1.82, 2.24) is 19.7 Å². The summed E-state index contributed by atoms with van der Waals surface area (Å²) in [7, 11) is 1.66. The van der Waals surface area contributed by atoms with Gasteiger partial charge in [0.25, 0.3) is 0 Å². The Balaban J connectivity index is 1.73. The van der Waals surface area contributed by atoms with E-state index < -0.39 is 0 Å². The Labute approximate surface area is 140 Å². The Morgan fingerprint density at radius 1 is 1.46 bits per heavy atom. The molecule has 1 aliphatic rings. The van der Waals surface area contributed by atoms with Crippen LogP contribution in [0.3, 0.4) is 0 Å². The Morgan fingerprint density at radius 2 is 2.33 bits per heavy atom. The predicted octanol–water partition coefficient (Wildman–Crippen LogP) is 1.96. The average Bonchev–Trinajstić information content (AvgIpc) is 3.23. The van der Waals surface area contributed by atoms with Crippen molar-refractivity contribution in [2.24, 2.45) is 0 Å². The molecule has 0 spiro atoms. The summed E-state index contributed by atoms with van der Waals surface area (Å²) >= 11 is 0. The zero-order valence-electron chi connectivity index (χ0n) is 13.9. The van der Waals surface area contributed by atoms with Gasteiger partial charge in [0.15, 0.2) is 11.6 Å². The van der Waals surface area contributed by atoms with E-state index in [1.54, 1.807) is 13.3 Å². The molecule has 24 heavy (non-hydrogen) atoms. The van der Waals surface area contributed by atoms with Gasteiger partial charge >= 0.3 is 0 Å². The van der Waals surface area contributed by atoms with E-state index in [4.69, 9.17) is 9.47 Å². The standard InChI is InChI=1S/C16H22FN5O2/c1-3-12-14(17)16(19-10-18-12)21-13-4-6-24-15(13)11-8-20-22(9-11)5-7-23-2/h8-10,13,15H,3-7H2,1-2H3,(H,18,19,21)/t13-,15+/m0/s1. The van der Waals surface area contributed by atoms with E-state index in [2.05, 4.69) is 20.4 Å². The molecule has 8 heteroatoms. The maximum Gasteiger partial charge on any atom is 0.186 e. The molecule has 0 saturated carbocycles. The number of aryl methyl sites for hydroxylation is 1. The normalized spacial score (nSPS) is 20.5. The van der Waals surface area contributed by atoms with E-state index in [9.17, 15) is 4.39 Å². The van der Waals surface area contributed by atoms with Crippen LogP contribution in [0.2, 0.25) is 0 Å². The van der Waals surface area contributed by atoms with Crippen LogP contribution in [0.15, 0.2) is 18.7 Å². The number of hydrogen-bond donors (Lipinski definition) is 1. The Bertz CT molecular complexity index is 678. The molecule has 0 unspecified atom stereocenters. The lowest BCUT2D eigenvalue weighted by atomic mass is 10.1. The van der Waals surface area contributed by atoms with Crippen molar-refractivity contribution in [1.29, 1.82) is 0 Å². The number of anilines is 1. The van der Waals surface area contributed by atoms with Gasteiger partial charge in [0, 0.05) is 25.5 Å². The van der Waals surface area contributed by atoms with Crippen molar-refractivity contribution >= 4 is 5.82 Å². The summed E-state index contributed by atoms with van der Waals surface area (Å²) in [4.78, 5) is 7.99. The van der Waals surface area contributed by atoms with Gasteiger partial charge < -0.3 is 14.8 Å². The van der Waals surface area contributed by atoms with Crippen LogP contribution in [-0.4, -0.2) is 46.1 Å². The number of nitrogens with zero attached hydrogens (tertiary/aromatic N) is 4. The quantitative estimate of drug-likeness (QED) is 0.834. The highest BCUT2D eigenvalue weighted by Gasteiger charge is 2.31. The van der Waals surface area contributed by atoms with Crippen LogP contribution in [0.1, 0.15) is 30.7 Å². The third-order valence-electron chi connectivity index (χ3n) is 4.12. The lowest BCUT2D eigenvalue weighted by Crippen LogP contribution is -2.24. The van der Waals surface area contributed by atoms with E-state index in [0.717, 1.165) is 12.0 Å². The molecular formula is C16H22FN5O2.